The molecule has 1 heterocycles. The van der Waals surface area contributed by atoms with Gasteiger partial charge in [0.2, 0.25) is 0 Å². The minimum atomic E-state index is 0. The number of rotatable bonds is 6. The molecule has 0 bridgehead atoms. The zero-order chi connectivity index (χ0) is 19.3. The molecule has 0 unspecified atom stereocenters. The topological polar surface area (TPSA) is 47.9 Å². The molecule has 156 valence electrons. The average Bonchev–Trinajstić information content (AvgIpc) is 3.12. The van der Waals surface area contributed by atoms with Gasteiger partial charge in [-0.25, -0.2) is 4.99 Å². The summed E-state index contributed by atoms with van der Waals surface area (Å²) in [5.74, 6) is 1.14. The van der Waals surface area contributed by atoms with Crippen LogP contribution in [0.25, 0.3) is 0 Å². The van der Waals surface area contributed by atoms with E-state index in [1.165, 1.54) is 25.7 Å². The van der Waals surface area contributed by atoms with Crippen LogP contribution in [0.3, 0.4) is 0 Å². The van der Waals surface area contributed by atoms with Crippen LogP contribution in [-0.4, -0.2) is 54.4 Å². The smallest absolute Gasteiger partial charge is 0.253 e. The summed E-state index contributed by atoms with van der Waals surface area (Å²) in [4.78, 5) is 21.6. The number of hydrogen-bond acceptors (Lipinski definition) is 2. The lowest BCUT2D eigenvalue weighted by Crippen LogP contribution is -2.42. The lowest BCUT2D eigenvalue weighted by atomic mass is 9.68. The van der Waals surface area contributed by atoms with E-state index < -0.39 is 0 Å². The monoisotopic (exact) mass is 498 g/mol. The van der Waals surface area contributed by atoms with Crippen LogP contribution in [0.15, 0.2) is 29.3 Å². The molecule has 1 spiro atoms. The molecule has 1 saturated carbocycles. The normalized spacial score (nSPS) is 17.8. The molecule has 5 nitrogen and oxygen atoms in total. The molecule has 28 heavy (non-hydrogen) atoms. The fourth-order valence-corrected chi connectivity index (χ4v) is 4.24. The van der Waals surface area contributed by atoms with E-state index in [9.17, 15) is 4.79 Å². The summed E-state index contributed by atoms with van der Waals surface area (Å²) in [7, 11) is 0. The minimum absolute atomic E-state index is 0. The second-order valence-electron chi connectivity index (χ2n) is 7.87. The Morgan fingerprint density at radius 3 is 2.32 bits per heavy atom. The van der Waals surface area contributed by atoms with Crippen molar-refractivity contribution < 1.29 is 4.79 Å². The van der Waals surface area contributed by atoms with Crippen LogP contribution >= 0.6 is 24.0 Å². The van der Waals surface area contributed by atoms with Gasteiger partial charge in [-0.05, 0) is 63.1 Å². The van der Waals surface area contributed by atoms with Gasteiger partial charge in [0.25, 0.3) is 5.91 Å². The van der Waals surface area contributed by atoms with E-state index >= 15 is 0 Å². The summed E-state index contributed by atoms with van der Waals surface area (Å²) in [5.41, 5.74) is 2.46. The molecule has 1 amide bonds. The van der Waals surface area contributed by atoms with Crippen LogP contribution in [-0.2, 0) is 6.54 Å². The fraction of sp³-hybridized carbons (Fsp3) is 0.636. The number of aliphatic imine (C=N–C) groups is 1. The maximum atomic E-state index is 12.4. The highest BCUT2D eigenvalue weighted by Gasteiger charge is 2.43. The zero-order valence-corrected chi connectivity index (χ0v) is 19.9. The molecule has 1 N–H and O–H groups in total. The van der Waals surface area contributed by atoms with Crippen molar-refractivity contribution in [3.8, 4) is 0 Å². The number of halogens is 1. The summed E-state index contributed by atoms with van der Waals surface area (Å²) in [6.07, 6.45) is 5.45. The number of benzene rings is 1. The van der Waals surface area contributed by atoms with Crippen LogP contribution < -0.4 is 5.32 Å². The highest BCUT2D eigenvalue weighted by atomic mass is 127. The van der Waals surface area contributed by atoms with Crippen LogP contribution in [0.1, 0.15) is 62.4 Å². The molecule has 0 radical (unpaired) electrons. The van der Waals surface area contributed by atoms with Gasteiger partial charge in [-0.1, -0.05) is 18.6 Å². The maximum Gasteiger partial charge on any atom is 0.253 e. The maximum absolute atomic E-state index is 12.4. The SMILES string of the molecule is CCNC(=NCc1ccc(C(=O)N(CC)CC)cc1)N1CCC2(CCC2)C1.I. The highest BCUT2D eigenvalue weighted by molar-refractivity contribution is 14.0. The summed E-state index contributed by atoms with van der Waals surface area (Å²) >= 11 is 0. The molecule has 2 fully saturated rings. The Labute approximate surface area is 187 Å². The number of carbonyl (C=O) groups excluding carboxylic acids is 1. The lowest BCUT2D eigenvalue weighted by Gasteiger charge is -2.38. The van der Waals surface area contributed by atoms with Gasteiger partial charge in [0.15, 0.2) is 5.96 Å². The van der Waals surface area contributed by atoms with E-state index in [-0.39, 0.29) is 29.9 Å². The lowest BCUT2D eigenvalue weighted by molar-refractivity contribution is 0.0773. The first-order chi connectivity index (χ1) is 13.1. The summed E-state index contributed by atoms with van der Waals surface area (Å²) in [6, 6.07) is 7.91. The second kappa shape index (κ2) is 10.5. The Morgan fingerprint density at radius 2 is 1.82 bits per heavy atom. The molecule has 1 aliphatic heterocycles. The van der Waals surface area contributed by atoms with Crippen molar-refractivity contribution in [2.75, 3.05) is 32.7 Å². The summed E-state index contributed by atoms with van der Waals surface area (Å²) in [5, 5.41) is 3.46. The second-order valence-corrected chi connectivity index (χ2v) is 7.87. The first kappa shape index (κ1) is 23.0. The van der Waals surface area contributed by atoms with Gasteiger partial charge < -0.3 is 15.1 Å². The predicted octanol–water partition coefficient (Wildman–Crippen LogP) is 4.13. The van der Waals surface area contributed by atoms with Crippen LogP contribution in [0.2, 0.25) is 0 Å². The number of guanidine groups is 1. The van der Waals surface area contributed by atoms with Gasteiger partial charge in [0, 0.05) is 38.3 Å². The zero-order valence-electron chi connectivity index (χ0n) is 17.5. The molecule has 1 aromatic rings. The van der Waals surface area contributed by atoms with Crippen molar-refractivity contribution in [3.05, 3.63) is 35.4 Å². The molecule has 2 aliphatic rings. The quantitative estimate of drug-likeness (QED) is 0.365. The molecule has 1 aromatic carbocycles. The van der Waals surface area contributed by atoms with Crippen molar-refractivity contribution in [1.29, 1.82) is 0 Å². The minimum Gasteiger partial charge on any atom is -0.357 e. The molecule has 6 heteroatoms. The molecular formula is C22H35IN4O. The third-order valence-corrected chi connectivity index (χ3v) is 6.15. The van der Waals surface area contributed by atoms with Crippen molar-refractivity contribution >= 4 is 35.8 Å². The van der Waals surface area contributed by atoms with E-state index in [1.54, 1.807) is 0 Å². The summed E-state index contributed by atoms with van der Waals surface area (Å²) < 4.78 is 0. The van der Waals surface area contributed by atoms with E-state index in [2.05, 4.69) is 17.1 Å². The van der Waals surface area contributed by atoms with Crippen molar-refractivity contribution in [2.45, 2.75) is 53.0 Å². The summed E-state index contributed by atoms with van der Waals surface area (Å²) in [6.45, 7) is 11.4. The molecule has 1 aliphatic carbocycles. The van der Waals surface area contributed by atoms with Gasteiger partial charge in [-0.3, -0.25) is 4.79 Å². The molecule has 3 rings (SSSR count). The standard InChI is InChI=1S/C22H34N4O.HI/c1-4-23-21(26-15-14-22(17-26)12-7-13-22)24-16-18-8-10-19(11-9-18)20(27)25(5-2)6-3;/h8-11H,4-7,12-17H2,1-3H3,(H,23,24);1H. The molecule has 0 atom stereocenters. The van der Waals surface area contributed by atoms with Gasteiger partial charge in [-0.2, -0.15) is 0 Å². The number of likely N-dealkylation sites (tertiary alicyclic amines) is 1. The Morgan fingerprint density at radius 1 is 1.14 bits per heavy atom. The number of carbonyl (C=O) groups is 1. The van der Waals surface area contributed by atoms with Crippen LogP contribution in [0, 0.1) is 5.41 Å². The Bertz CT molecular complexity index is 666. The third kappa shape index (κ3) is 5.19. The molecule has 1 saturated heterocycles. The van der Waals surface area contributed by atoms with E-state index in [1.807, 2.05) is 43.0 Å². The van der Waals surface area contributed by atoms with Gasteiger partial charge in [0.1, 0.15) is 0 Å². The van der Waals surface area contributed by atoms with E-state index in [0.29, 0.717) is 12.0 Å². The number of nitrogens with one attached hydrogen (secondary N) is 1. The predicted molar refractivity (Wildman–Crippen MR) is 126 cm³/mol. The molecule has 0 aromatic heterocycles. The highest BCUT2D eigenvalue weighted by Crippen LogP contribution is 2.47. The fourth-order valence-electron chi connectivity index (χ4n) is 4.24. The van der Waals surface area contributed by atoms with E-state index in [0.717, 1.165) is 49.8 Å². The third-order valence-electron chi connectivity index (χ3n) is 6.15. The van der Waals surface area contributed by atoms with E-state index in [4.69, 9.17) is 4.99 Å². The average molecular weight is 498 g/mol. The number of nitrogens with zero attached hydrogens (tertiary/aromatic N) is 3. The first-order valence-corrected chi connectivity index (χ1v) is 10.5. The van der Waals surface area contributed by atoms with Gasteiger partial charge in [0.05, 0.1) is 6.54 Å². The number of amides is 1. The van der Waals surface area contributed by atoms with Crippen LogP contribution in [0.5, 0.6) is 0 Å². The largest absolute Gasteiger partial charge is 0.357 e. The number of hydrogen-bond donors (Lipinski definition) is 1. The van der Waals surface area contributed by atoms with Crippen molar-refractivity contribution in [3.63, 3.8) is 0 Å². The van der Waals surface area contributed by atoms with Crippen molar-refractivity contribution in [1.82, 2.24) is 15.1 Å². The first-order valence-electron chi connectivity index (χ1n) is 10.5. The van der Waals surface area contributed by atoms with Crippen molar-refractivity contribution in [2.24, 2.45) is 10.4 Å². The Balaban J connectivity index is 0.00000280. The molecular weight excluding hydrogens is 463 g/mol. The van der Waals surface area contributed by atoms with Gasteiger partial charge in [-0.15, -0.1) is 24.0 Å². The van der Waals surface area contributed by atoms with Gasteiger partial charge >= 0.3 is 0 Å². The van der Waals surface area contributed by atoms with Crippen LogP contribution in [0.4, 0.5) is 0 Å². The Kier molecular flexibility index (Phi) is 8.58. The Hall–Kier alpha value is -1.31.